The second kappa shape index (κ2) is 15.7. The Kier molecular flexibility index (Phi) is 12.0. The lowest BCUT2D eigenvalue weighted by Crippen LogP contribution is -2.62. The van der Waals surface area contributed by atoms with E-state index in [-0.39, 0.29) is 19.8 Å². The van der Waals surface area contributed by atoms with Gasteiger partial charge in [-0.05, 0) is 16.7 Å². The highest BCUT2D eigenvalue weighted by atomic mass is 35.6. The molecule has 0 spiro atoms. The second-order valence-electron chi connectivity index (χ2n) is 9.58. The van der Waals surface area contributed by atoms with Gasteiger partial charge < -0.3 is 28.4 Å². The Bertz CT molecular complexity index is 1260. The fourth-order valence-corrected chi connectivity index (χ4v) is 4.53. The van der Waals surface area contributed by atoms with Crippen LogP contribution in [0.15, 0.2) is 91.0 Å². The molecule has 0 aliphatic carbocycles. The molecule has 0 bridgehead atoms. The molecule has 224 valence electrons. The molecule has 1 fully saturated rings. The molecule has 0 amide bonds. The first-order valence-electron chi connectivity index (χ1n) is 13.3. The van der Waals surface area contributed by atoms with Crippen LogP contribution in [0.5, 0.6) is 0 Å². The van der Waals surface area contributed by atoms with Crippen molar-refractivity contribution in [2.24, 2.45) is 0 Å². The molecule has 1 aliphatic rings. The van der Waals surface area contributed by atoms with Gasteiger partial charge in [0.15, 0.2) is 12.2 Å². The second-order valence-corrected chi connectivity index (χ2v) is 11.9. The maximum absolute atomic E-state index is 12.4. The van der Waals surface area contributed by atoms with Crippen molar-refractivity contribution in [1.29, 1.82) is 5.41 Å². The Balaban J connectivity index is 1.63. The smallest absolute Gasteiger partial charge is 0.303 e. The molecule has 11 heteroatoms. The van der Waals surface area contributed by atoms with Crippen molar-refractivity contribution in [3.05, 3.63) is 108 Å². The van der Waals surface area contributed by atoms with Gasteiger partial charge in [0.1, 0.15) is 12.2 Å². The molecule has 0 saturated carbocycles. The highest BCUT2D eigenvalue weighted by molar-refractivity contribution is 6.76. The number of carbonyl (C=O) groups is 1. The molecule has 3 aromatic carbocycles. The van der Waals surface area contributed by atoms with Gasteiger partial charge in [-0.1, -0.05) is 126 Å². The molecular formula is C31H32Cl3NO7. The predicted molar refractivity (Wildman–Crippen MR) is 159 cm³/mol. The summed E-state index contributed by atoms with van der Waals surface area (Å²) in [6.45, 7) is 1.95. The van der Waals surface area contributed by atoms with Crippen molar-refractivity contribution in [3.8, 4) is 0 Å². The van der Waals surface area contributed by atoms with Crippen LogP contribution in [0.1, 0.15) is 23.6 Å². The van der Waals surface area contributed by atoms with Gasteiger partial charge >= 0.3 is 5.97 Å². The van der Waals surface area contributed by atoms with Crippen molar-refractivity contribution in [3.63, 3.8) is 0 Å². The van der Waals surface area contributed by atoms with Crippen LogP contribution in [0.4, 0.5) is 0 Å². The number of ether oxygens (including phenoxy) is 6. The molecule has 5 atom stereocenters. The van der Waals surface area contributed by atoms with Crippen molar-refractivity contribution in [2.75, 3.05) is 6.61 Å². The fourth-order valence-electron chi connectivity index (χ4n) is 4.39. The highest BCUT2D eigenvalue weighted by Gasteiger charge is 2.52. The molecule has 42 heavy (non-hydrogen) atoms. The number of alkyl halides is 3. The topological polar surface area (TPSA) is 96.3 Å². The Morgan fingerprint density at radius 2 is 1.21 bits per heavy atom. The molecule has 0 radical (unpaired) electrons. The van der Waals surface area contributed by atoms with E-state index in [0.717, 1.165) is 16.7 Å². The number of hydrogen-bond donors (Lipinski definition) is 1. The quantitative estimate of drug-likeness (QED) is 0.106. The Labute approximate surface area is 260 Å². The van der Waals surface area contributed by atoms with E-state index >= 15 is 0 Å². The molecule has 1 aliphatic heterocycles. The average molecular weight is 637 g/mol. The van der Waals surface area contributed by atoms with Crippen LogP contribution in [0.25, 0.3) is 0 Å². The van der Waals surface area contributed by atoms with Crippen LogP contribution in [-0.2, 0) is 53.0 Å². The zero-order valence-corrected chi connectivity index (χ0v) is 25.1. The van der Waals surface area contributed by atoms with E-state index in [1.54, 1.807) is 0 Å². The minimum absolute atomic E-state index is 0.0402. The van der Waals surface area contributed by atoms with Crippen LogP contribution < -0.4 is 0 Å². The van der Waals surface area contributed by atoms with Crippen molar-refractivity contribution < 1.29 is 33.2 Å². The largest absolute Gasteiger partial charge is 0.457 e. The number of halogens is 3. The highest BCUT2D eigenvalue weighted by Crippen LogP contribution is 2.34. The molecule has 1 heterocycles. The summed E-state index contributed by atoms with van der Waals surface area (Å²) in [5.74, 6) is -1.25. The van der Waals surface area contributed by atoms with Gasteiger partial charge in [0.2, 0.25) is 12.2 Å². The minimum atomic E-state index is -2.16. The summed E-state index contributed by atoms with van der Waals surface area (Å²) in [4.78, 5) is 12.4. The fraction of sp³-hybridized carbons (Fsp3) is 0.355. The summed E-state index contributed by atoms with van der Waals surface area (Å²) >= 11 is 17.8. The monoisotopic (exact) mass is 635 g/mol. The summed E-state index contributed by atoms with van der Waals surface area (Å²) in [5, 5.41) is 8.21. The zero-order valence-electron chi connectivity index (χ0n) is 22.9. The SMILES string of the molecule is CC(=O)O[C@H]1[C@@H](OCc2ccccc2)[C@@H](COCc2ccccc2)O[C@@H](OC(=N)C(Cl)(Cl)Cl)[C@@H]1OCc1ccccc1. The Hall–Kier alpha value is -2.69. The number of rotatable bonds is 12. The number of nitrogens with one attached hydrogen (secondary N) is 1. The maximum Gasteiger partial charge on any atom is 0.303 e. The predicted octanol–water partition coefficient (Wildman–Crippen LogP) is 6.39. The summed E-state index contributed by atoms with van der Waals surface area (Å²) in [7, 11) is 0. The van der Waals surface area contributed by atoms with Crippen molar-refractivity contribution in [1.82, 2.24) is 0 Å². The molecule has 1 saturated heterocycles. The summed E-state index contributed by atoms with van der Waals surface area (Å²) < 4.78 is 34.3. The molecule has 3 aromatic rings. The van der Waals surface area contributed by atoms with Crippen LogP contribution in [0.3, 0.4) is 0 Å². The van der Waals surface area contributed by atoms with Gasteiger partial charge in [0, 0.05) is 6.92 Å². The van der Waals surface area contributed by atoms with E-state index in [0.29, 0.717) is 6.61 Å². The zero-order chi connectivity index (χ0) is 30.0. The summed E-state index contributed by atoms with van der Waals surface area (Å²) in [5.41, 5.74) is 2.71. The number of esters is 1. The third-order valence-electron chi connectivity index (χ3n) is 6.35. The van der Waals surface area contributed by atoms with Crippen LogP contribution in [-0.4, -0.2) is 53.0 Å². The Morgan fingerprint density at radius 1 is 0.738 bits per heavy atom. The van der Waals surface area contributed by atoms with E-state index in [2.05, 4.69) is 0 Å². The number of hydrogen-bond acceptors (Lipinski definition) is 8. The molecule has 4 rings (SSSR count). The lowest BCUT2D eigenvalue weighted by Gasteiger charge is -2.45. The lowest BCUT2D eigenvalue weighted by atomic mass is 9.98. The normalized spacial score (nSPS) is 22.3. The molecule has 0 aromatic heterocycles. The third kappa shape index (κ3) is 9.67. The van der Waals surface area contributed by atoms with Gasteiger partial charge in [-0.15, -0.1) is 0 Å². The molecule has 8 nitrogen and oxygen atoms in total. The number of benzene rings is 3. The third-order valence-corrected chi connectivity index (χ3v) is 6.86. The number of carbonyl (C=O) groups excluding carboxylic acids is 1. The first-order chi connectivity index (χ1) is 20.2. The van der Waals surface area contributed by atoms with Crippen LogP contribution >= 0.6 is 34.8 Å². The van der Waals surface area contributed by atoms with Crippen LogP contribution in [0, 0.1) is 5.41 Å². The van der Waals surface area contributed by atoms with E-state index in [1.807, 2.05) is 91.0 Å². The van der Waals surface area contributed by atoms with Gasteiger partial charge in [0.25, 0.3) is 3.79 Å². The summed E-state index contributed by atoms with van der Waals surface area (Å²) in [6.07, 6.45) is -5.04. The van der Waals surface area contributed by atoms with Gasteiger partial charge in [0.05, 0.1) is 26.4 Å². The van der Waals surface area contributed by atoms with Gasteiger partial charge in [-0.25, -0.2) is 0 Å². The minimum Gasteiger partial charge on any atom is -0.457 e. The van der Waals surface area contributed by atoms with Crippen LogP contribution in [0.2, 0.25) is 0 Å². The van der Waals surface area contributed by atoms with Gasteiger partial charge in [-0.2, -0.15) is 0 Å². The average Bonchev–Trinajstić information content (AvgIpc) is 2.97. The molecular weight excluding hydrogens is 605 g/mol. The van der Waals surface area contributed by atoms with E-state index in [1.165, 1.54) is 6.92 Å². The Morgan fingerprint density at radius 3 is 1.69 bits per heavy atom. The van der Waals surface area contributed by atoms with E-state index in [4.69, 9.17) is 68.6 Å². The lowest BCUT2D eigenvalue weighted by molar-refractivity contribution is -0.306. The summed E-state index contributed by atoms with van der Waals surface area (Å²) in [6, 6.07) is 28.6. The maximum atomic E-state index is 12.4. The van der Waals surface area contributed by atoms with E-state index in [9.17, 15) is 4.79 Å². The first-order valence-corrected chi connectivity index (χ1v) is 14.4. The molecule has 0 unspecified atom stereocenters. The standard InChI is InChI=1S/C31H32Cl3NO7/c1-21(36)40-27-26(38-18-23-13-7-3-8-14-23)25(20-37-17-22-11-5-2-6-12-22)41-29(42-30(35)31(32,33)34)28(27)39-19-24-15-9-4-10-16-24/h2-16,25-29,35H,17-20H2,1H3/t25-,26+,27+,28-,29+/m1/s1. The van der Waals surface area contributed by atoms with Gasteiger partial charge in [-0.3, -0.25) is 10.2 Å². The van der Waals surface area contributed by atoms with Crippen molar-refractivity contribution in [2.45, 2.75) is 61.2 Å². The first kappa shape index (κ1) is 32.2. The van der Waals surface area contributed by atoms with Crippen molar-refractivity contribution >= 4 is 46.7 Å². The van der Waals surface area contributed by atoms with E-state index < -0.39 is 46.4 Å². The molecule has 1 N–H and O–H groups in total.